The first kappa shape index (κ1) is 10.5. The summed E-state index contributed by atoms with van der Waals surface area (Å²) < 4.78 is 10.6. The smallest absolute Gasteiger partial charge is 0.231 e. The third kappa shape index (κ3) is 2.36. The highest BCUT2D eigenvalue weighted by molar-refractivity contribution is 7.09. The first-order valence-electron chi connectivity index (χ1n) is 5.58. The van der Waals surface area contributed by atoms with Crippen molar-refractivity contribution in [2.45, 2.75) is 6.42 Å². The lowest BCUT2D eigenvalue weighted by atomic mass is 10.2. The summed E-state index contributed by atoms with van der Waals surface area (Å²) in [4.78, 5) is 1.40. The highest BCUT2D eigenvalue weighted by Crippen LogP contribution is 2.34. The van der Waals surface area contributed by atoms with Gasteiger partial charge in [0.15, 0.2) is 11.5 Å². The van der Waals surface area contributed by atoms with Gasteiger partial charge < -0.3 is 14.8 Å². The minimum atomic E-state index is 0.327. The van der Waals surface area contributed by atoms with Gasteiger partial charge in [0.25, 0.3) is 0 Å². The molecule has 0 aliphatic carbocycles. The highest BCUT2D eigenvalue weighted by Gasteiger charge is 2.12. The monoisotopic (exact) mass is 247 g/mol. The number of benzene rings is 1. The molecule has 1 aliphatic heterocycles. The Kier molecular flexibility index (Phi) is 2.88. The van der Waals surface area contributed by atoms with E-state index in [1.165, 1.54) is 4.88 Å². The Morgan fingerprint density at radius 1 is 1.18 bits per heavy atom. The summed E-state index contributed by atoms with van der Waals surface area (Å²) in [5.74, 6) is 1.65. The Hall–Kier alpha value is -1.68. The fourth-order valence-electron chi connectivity index (χ4n) is 1.79. The normalized spacial score (nSPS) is 12.7. The molecule has 0 atom stereocenters. The van der Waals surface area contributed by atoms with E-state index in [1.807, 2.05) is 18.2 Å². The van der Waals surface area contributed by atoms with E-state index in [-0.39, 0.29) is 0 Å². The van der Waals surface area contributed by atoms with Crippen molar-refractivity contribution in [3.8, 4) is 11.5 Å². The van der Waals surface area contributed by atoms with Crippen molar-refractivity contribution in [2.75, 3.05) is 18.7 Å². The Balaban J connectivity index is 1.58. The number of hydrogen-bond acceptors (Lipinski definition) is 4. The average Bonchev–Trinajstić information content (AvgIpc) is 2.98. The zero-order valence-corrected chi connectivity index (χ0v) is 10.1. The lowest BCUT2D eigenvalue weighted by Gasteiger charge is -2.06. The van der Waals surface area contributed by atoms with Crippen LogP contribution in [0.5, 0.6) is 11.5 Å². The lowest BCUT2D eigenvalue weighted by molar-refractivity contribution is 0.174. The quantitative estimate of drug-likeness (QED) is 0.900. The maximum absolute atomic E-state index is 5.33. The van der Waals surface area contributed by atoms with Crippen LogP contribution in [0.2, 0.25) is 0 Å². The number of hydrogen-bond donors (Lipinski definition) is 1. The van der Waals surface area contributed by atoms with Crippen molar-refractivity contribution < 1.29 is 9.47 Å². The van der Waals surface area contributed by atoms with Crippen LogP contribution in [0.15, 0.2) is 35.7 Å². The maximum Gasteiger partial charge on any atom is 0.231 e. The van der Waals surface area contributed by atoms with Crippen molar-refractivity contribution in [1.29, 1.82) is 0 Å². The summed E-state index contributed by atoms with van der Waals surface area (Å²) in [5, 5.41) is 5.49. The summed E-state index contributed by atoms with van der Waals surface area (Å²) in [6.07, 6.45) is 1.05. The average molecular weight is 247 g/mol. The van der Waals surface area contributed by atoms with Gasteiger partial charge >= 0.3 is 0 Å². The number of thiophene rings is 1. The van der Waals surface area contributed by atoms with Gasteiger partial charge in [0, 0.05) is 23.2 Å². The molecule has 0 unspecified atom stereocenters. The zero-order chi connectivity index (χ0) is 11.5. The van der Waals surface area contributed by atoms with E-state index in [0.29, 0.717) is 6.79 Å². The van der Waals surface area contributed by atoms with Gasteiger partial charge in [-0.3, -0.25) is 0 Å². The van der Waals surface area contributed by atoms with Crippen LogP contribution in [-0.2, 0) is 6.42 Å². The molecule has 1 aliphatic rings. The molecule has 17 heavy (non-hydrogen) atoms. The van der Waals surface area contributed by atoms with Gasteiger partial charge in [0.1, 0.15) is 0 Å². The number of ether oxygens (including phenoxy) is 2. The first-order chi connectivity index (χ1) is 8.42. The van der Waals surface area contributed by atoms with E-state index < -0.39 is 0 Å². The van der Waals surface area contributed by atoms with Crippen molar-refractivity contribution in [1.82, 2.24) is 0 Å². The van der Waals surface area contributed by atoms with E-state index in [1.54, 1.807) is 11.3 Å². The summed E-state index contributed by atoms with van der Waals surface area (Å²) in [6.45, 7) is 1.26. The number of anilines is 1. The largest absolute Gasteiger partial charge is 0.454 e. The third-order valence-corrected chi connectivity index (χ3v) is 3.59. The molecule has 0 saturated heterocycles. The molecule has 4 heteroatoms. The van der Waals surface area contributed by atoms with Gasteiger partial charge in [-0.15, -0.1) is 11.3 Å². The van der Waals surface area contributed by atoms with E-state index in [4.69, 9.17) is 9.47 Å². The number of fused-ring (bicyclic) bond motifs is 1. The molecule has 1 N–H and O–H groups in total. The summed E-state index contributed by atoms with van der Waals surface area (Å²) in [6, 6.07) is 10.2. The molecule has 1 aromatic carbocycles. The lowest BCUT2D eigenvalue weighted by Crippen LogP contribution is -2.03. The molecule has 0 amide bonds. The summed E-state index contributed by atoms with van der Waals surface area (Å²) >= 11 is 1.79. The van der Waals surface area contributed by atoms with Crippen LogP contribution >= 0.6 is 11.3 Å². The number of rotatable bonds is 4. The molecule has 0 fully saturated rings. The van der Waals surface area contributed by atoms with Crippen LogP contribution in [0.3, 0.4) is 0 Å². The summed E-state index contributed by atoms with van der Waals surface area (Å²) in [5.41, 5.74) is 1.07. The van der Waals surface area contributed by atoms with Crippen LogP contribution in [0.25, 0.3) is 0 Å². The van der Waals surface area contributed by atoms with Crippen LogP contribution in [0, 0.1) is 0 Å². The van der Waals surface area contributed by atoms with E-state index in [9.17, 15) is 0 Å². The Morgan fingerprint density at radius 3 is 3.00 bits per heavy atom. The van der Waals surface area contributed by atoms with Crippen molar-refractivity contribution in [3.63, 3.8) is 0 Å². The zero-order valence-electron chi connectivity index (χ0n) is 9.31. The van der Waals surface area contributed by atoms with E-state index >= 15 is 0 Å². The molecule has 3 nitrogen and oxygen atoms in total. The van der Waals surface area contributed by atoms with Gasteiger partial charge in [-0.25, -0.2) is 0 Å². The molecule has 88 valence electrons. The topological polar surface area (TPSA) is 30.5 Å². The van der Waals surface area contributed by atoms with Crippen molar-refractivity contribution in [3.05, 3.63) is 40.6 Å². The molecule has 0 radical (unpaired) electrons. The van der Waals surface area contributed by atoms with Gasteiger partial charge in [0.2, 0.25) is 6.79 Å². The van der Waals surface area contributed by atoms with Gasteiger partial charge in [0.05, 0.1) is 0 Å². The molecule has 0 spiro atoms. The standard InChI is InChI=1S/C13H13NO2S/c1-2-11(17-7-1)5-6-14-10-3-4-12-13(8-10)16-9-15-12/h1-4,7-8,14H,5-6,9H2. The molecule has 3 rings (SSSR count). The second-order valence-corrected chi connectivity index (χ2v) is 4.86. The minimum absolute atomic E-state index is 0.327. The molecular weight excluding hydrogens is 234 g/mol. The fraction of sp³-hybridized carbons (Fsp3) is 0.231. The van der Waals surface area contributed by atoms with Crippen LogP contribution in [0.1, 0.15) is 4.88 Å². The Labute approximate surface area is 104 Å². The van der Waals surface area contributed by atoms with Crippen LogP contribution < -0.4 is 14.8 Å². The third-order valence-electron chi connectivity index (χ3n) is 2.65. The van der Waals surface area contributed by atoms with Gasteiger partial charge in [-0.1, -0.05) is 6.07 Å². The van der Waals surface area contributed by atoms with E-state index in [0.717, 1.165) is 30.2 Å². The molecule has 0 saturated carbocycles. The Morgan fingerprint density at radius 2 is 2.12 bits per heavy atom. The molecule has 0 bridgehead atoms. The predicted molar refractivity (Wildman–Crippen MR) is 69.1 cm³/mol. The van der Waals surface area contributed by atoms with Crippen molar-refractivity contribution in [2.24, 2.45) is 0 Å². The van der Waals surface area contributed by atoms with Crippen molar-refractivity contribution >= 4 is 17.0 Å². The van der Waals surface area contributed by atoms with E-state index in [2.05, 4.69) is 22.8 Å². The molecule has 2 heterocycles. The second kappa shape index (κ2) is 4.67. The first-order valence-corrected chi connectivity index (χ1v) is 6.46. The van der Waals surface area contributed by atoms with Crippen LogP contribution in [0.4, 0.5) is 5.69 Å². The second-order valence-electron chi connectivity index (χ2n) is 3.82. The molecule has 1 aromatic heterocycles. The van der Waals surface area contributed by atoms with Crippen LogP contribution in [-0.4, -0.2) is 13.3 Å². The fourth-order valence-corrected chi connectivity index (χ4v) is 2.50. The van der Waals surface area contributed by atoms with Gasteiger partial charge in [-0.05, 0) is 30.0 Å². The SMILES string of the molecule is c1csc(CCNc2ccc3c(c2)OCO3)c1. The maximum atomic E-state index is 5.33. The Bertz CT molecular complexity index is 496. The number of nitrogens with one attached hydrogen (secondary N) is 1. The minimum Gasteiger partial charge on any atom is -0.454 e. The molecule has 2 aromatic rings. The predicted octanol–water partition coefficient (Wildman–Crippen LogP) is 3.13. The highest BCUT2D eigenvalue weighted by atomic mass is 32.1. The van der Waals surface area contributed by atoms with Gasteiger partial charge in [-0.2, -0.15) is 0 Å². The molecular formula is C13H13NO2S. The summed E-state index contributed by atoms with van der Waals surface area (Å²) in [7, 11) is 0.